The number of nitrogens with zero attached hydrogens (tertiary/aromatic N) is 2. The minimum atomic E-state index is -0.649. The predicted octanol–water partition coefficient (Wildman–Crippen LogP) is 2.37. The molecule has 1 atom stereocenters. The molecule has 1 unspecified atom stereocenters. The zero-order valence-electron chi connectivity index (χ0n) is 10.6. The van der Waals surface area contributed by atoms with Crippen molar-refractivity contribution < 1.29 is 9.72 Å². The number of aromatic nitrogens is 1. The van der Waals surface area contributed by atoms with E-state index in [1.54, 1.807) is 11.8 Å². The quantitative estimate of drug-likeness (QED) is 0.495. The molecule has 0 saturated carbocycles. The van der Waals surface area contributed by atoms with Crippen molar-refractivity contribution >= 4 is 35.0 Å². The minimum absolute atomic E-state index is 0.0490. The van der Waals surface area contributed by atoms with Crippen LogP contribution in [-0.2, 0) is 0 Å². The van der Waals surface area contributed by atoms with Crippen LogP contribution in [0.1, 0.15) is 17.3 Å². The van der Waals surface area contributed by atoms with Crippen molar-refractivity contribution in [2.75, 3.05) is 18.6 Å². The van der Waals surface area contributed by atoms with E-state index in [-0.39, 0.29) is 22.3 Å². The highest BCUT2D eigenvalue weighted by atomic mass is 35.5. The van der Waals surface area contributed by atoms with E-state index in [1.807, 2.05) is 13.2 Å². The fraction of sp³-hybridized carbons (Fsp3) is 0.455. The van der Waals surface area contributed by atoms with Gasteiger partial charge < -0.3 is 5.32 Å². The first kappa shape index (κ1) is 15.7. The second kappa shape index (κ2) is 7.30. The van der Waals surface area contributed by atoms with Crippen molar-refractivity contribution in [3.8, 4) is 0 Å². The molecule has 1 N–H and O–H groups in total. The Morgan fingerprint density at radius 3 is 2.95 bits per heavy atom. The lowest BCUT2D eigenvalue weighted by atomic mass is 10.2. The molecular formula is C11H14ClN3O3S. The van der Waals surface area contributed by atoms with Crippen LogP contribution in [0.2, 0.25) is 5.15 Å². The van der Waals surface area contributed by atoms with Gasteiger partial charge in [0.15, 0.2) is 0 Å². The molecule has 0 bridgehead atoms. The van der Waals surface area contributed by atoms with Gasteiger partial charge in [-0.25, -0.2) is 4.98 Å². The van der Waals surface area contributed by atoms with Crippen LogP contribution in [-0.4, -0.2) is 34.4 Å². The van der Waals surface area contributed by atoms with Crippen LogP contribution in [0.15, 0.2) is 12.3 Å². The Morgan fingerprint density at radius 1 is 1.68 bits per heavy atom. The number of rotatable bonds is 6. The van der Waals surface area contributed by atoms with Crippen LogP contribution in [0.4, 0.5) is 5.69 Å². The van der Waals surface area contributed by atoms with Gasteiger partial charge in [-0.05, 0) is 24.0 Å². The number of hydrogen-bond acceptors (Lipinski definition) is 5. The highest BCUT2D eigenvalue weighted by Crippen LogP contribution is 2.20. The largest absolute Gasteiger partial charge is 0.352 e. The van der Waals surface area contributed by atoms with E-state index in [2.05, 4.69) is 10.3 Å². The van der Waals surface area contributed by atoms with Gasteiger partial charge in [0.2, 0.25) is 0 Å². The Balaban J connectivity index is 2.81. The van der Waals surface area contributed by atoms with Gasteiger partial charge in [0.05, 0.1) is 4.92 Å². The van der Waals surface area contributed by atoms with Crippen LogP contribution in [0.25, 0.3) is 0 Å². The lowest BCUT2D eigenvalue weighted by molar-refractivity contribution is -0.385. The van der Waals surface area contributed by atoms with Crippen molar-refractivity contribution in [1.82, 2.24) is 10.3 Å². The number of halogens is 1. The molecule has 1 amide bonds. The lowest BCUT2D eigenvalue weighted by Gasteiger charge is -2.11. The van der Waals surface area contributed by atoms with Crippen LogP contribution in [0, 0.1) is 16.0 Å². The van der Waals surface area contributed by atoms with Crippen molar-refractivity contribution in [2.45, 2.75) is 6.92 Å². The molecular weight excluding hydrogens is 290 g/mol. The summed E-state index contributed by atoms with van der Waals surface area (Å²) >= 11 is 7.34. The number of pyridine rings is 1. The Kier molecular flexibility index (Phi) is 6.04. The fourth-order valence-electron chi connectivity index (χ4n) is 1.46. The molecule has 0 aliphatic rings. The first-order chi connectivity index (χ1) is 8.95. The standard InChI is InChI=1S/C11H14ClN3O3S/c1-7(6-19-2)4-14-11(16)8-3-10(12)13-5-9(8)15(17)18/h3,5,7H,4,6H2,1-2H3,(H,14,16). The summed E-state index contributed by atoms with van der Waals surface area (Å²) < 4.78 is 0. The zero-order valence-corrected chi connectivity index (χ0v) is 12.1. The third-order valence-electron chi connectivity index (χ3n) is 2.35. The van der Waals surface area contributed by atoms with Gasteiger partial charge >= 0.3 is 0 Å². The Hall–Kier alpha value is -1.34. The van der Waals surface area contributed by atoms with E-state index in [9.17, 15) is 14.9 Å². The van der Waals surface area contributed by atoms with Gasteiger partial charge in [0.1, 0.15) is 16.9 Å². The van der Waals surface area contributed by atoms with Crippen LogP contribution in [0.5, 0.6) is 0 Å². The smallest absolute Gasteiger partial charge is 0.300 e. The summed E-state index contributed by atoms with van der Waals surface area (Å²) in [5.74, 6) is 0.679. The highest BCUT2D eigenvalue weighted by Gasteiger charge is 2.21. The van der Waals surface area contributed by atoms with Crippen molar-refractivity contribution in [1.29, 1.82) is 0 Å². The minimum Gasteiger partial charge on any atom is -0.352 e. The topological polar surface area (TPSA) is 85.1 Å². The first-order valence-electron chi connectivity index (χ1n) is 5.52. The first-order valence-corrected chi connectivity index (χ1v) is 7.30. The number of hydrogen-bond donors (Lipinski definition) is 1. The molecule has 0 radical (unpaired) electrons. The highest BCUT2D eigenvalue weighted by molar-refractivity contribution is 7.98. The van der Waals surface area contributed by atoms with Crippen molar-refractivity contribution in [3.05, 3.63) is 33.1 Å². The van der Waals surface area contributed by atoms with Gasteiger partial charge in [-0.2, -0.15) is 11.8 Å². The summed E-state index contributed by atoms with van der Waals surface area (Å²) in [5, 5.41) is 13.5. The van der Waals surface area contributed by atoms with Gasteiger partial charge in [0.25, 0.3) is 11.6 Å². The van der Waals surface area contributed by atoms with Crippen LogP contribution in [0.3, 0.4) is 0 Å². The monoisotopic (exact) mass is 303 g/mol. The Bertz CT molecular complexity index is 484. The van der Waals surface area contributed by atoms with Gasteiger partial charge in [-0.15, -0.1) is 0 Å². The van der Waals surface area contributed by atoms with Crippen LogP contribution < -0.4 is 5.32 Å². The second-order valence-corrected chi connectivity index (χ2v) is 5.35. The molecule has 0 saturated heterocycles. The Labute approximate surface area is 120 Å². The third-order valence-corrected chi connectivity index (χ3v) is 3.46. The molecule has 1 heterocycles. The molecule has 0 spiro atoms. The zero-order chi connectivity index (χ0) is 14.4. The summed E-state index contributed by atoms with van der Waals surface area (Å²) in [6, 6.07) is 1.20. The lowest BCUT2D eigenvalue weighted by Crippen LogP contribution is -2.29. The predicted molar refractivity (Wildman–Crippen MR) is 75.8 cm³/mol. The van der Waals surface area contributed by atoms with Gasteiger partial charge in [-0.3, -0.25) is 14.9 Å². The molecule has 0 aromatic carbocycles. The summed E-state index contributed by atoms with van der Waals surface area (Å²) in [6.07, 6.45) is 2.97. The molecule has 1 aromatic rings. The van der Waals surface area contributed by atoms with E-state index >= 15 is 0 Å². The Morgan fingerprint density at radius 2 is 2.37 bits per heavy atom. The molecule has 6 nitrogen and oxygen atoms in total. The molecule has 0 aliphatic carbocycles. The van der Waals surface area contributed by atoms with E-state index in [1.165, 1.54) is 6.07 Å². The van der Waals surface area contributed by atoms with Crippen molar-refractivity contribution in [3.63, 3.8) is 0 Å². The second-order valence-electron chi connectivity index (χ2n) is 4.05. The third kappa shape index (κ3) is 4.68. The van der Waals surface area contributed by atoms with E-state index in [4.69, 9.17) is 11.6 Å². The summed E-state index contributed by atoms with van der Waals surface area (Å²) in [5.41, 5.74) is -0.416. The van der Waals surface area contributed by atoms with E-state index in [0.29, 0.717) is 6.54 Å². The molecule has 0 aliphatic heterocycles. The number of amides is 1. The van der Waals surface area contributed by atoms with Crippen molar-refractivity contribution in [2.24, 2.45) is 5.92 Å². The summed E-state index contributed by atoms with van der Waals surface area (Å²) in [6.45, 7) is 2.45. The van der Waals surface area contributed by atoms with E-state index in [0.717, 1.165) is 11.9 Å². The number of thioether (sulfide) groups is 1. The number of nitrogens with one attached hydrogen (secondary N) is 1. The summed E-state index contributed by atoms with van der Waals surface area (Å²) in [7, 11) is 0. The average Bonchev–Trinajstić information content (AvgIpc) is 2.35. The maximum Gasteiger partial charge on any atom is 0.300 e. The van der Waals surface area contributed by atoms with Gasteiger partial charge in [-0.1, -0.05) is 18.5 Å². The molecule has 1 rings (SSSR count). The summed E-state index contributed by atoms with van der Waals surface area (Å²) in [4.78, 5) is 25.7. The molecule has 8 heteroatoms. The normalized spacial score (nSPS) is 11.9. The number of nitro groups is 1. The SMILES string of the molecule is CSCC(C)CNC(=O)c1cc(Cl)ncc1[N+](=O)[O-]. The number of carbonyl (C=O) groups excluding carboxylic acids is 1. The molecule has 104 valence electrons. The number of carbonyl (C=O) groups is 1. The van der Waals surface area contributed by atoms with Gasteiger partial charge in [0, 0.05) is 6.54 Å². The fourth-order valence-corrected chi connectivity index (χ4v) is 2.30. The van der Waals surface area contributed by atoms with E-state index < -0.39 is 10.8 Å². The molecule has 0 fully saturated rings. The molecule has 19 heavy (non-hydrogen) atoms. The van der Waals surface area contributed by atoms with Crippen LogP contribution >= 0.6 is 23.4 Å². The maximum absolute atomic E-state index is 11.9. The molecule has 1 aromatic heterocycles. The average molecular weight is 304 g/mol. The maximum atomic E-state index is 11.9.